The topological polar surface area (TPSA) is 64.7 Å². The summed E-state index contributed by atoms with van der Waals surface area (Å²) in [4.78, 5) is 12.1. The van der Waals surface area contributed by atoms with E-state index in [1.54, 1.807) is 28.7 Å². The van der Waals surface area contributed by atoms with Crippen LogP contribution in [0.4, 0.5) is 5.82 Å². The van der Waals surface area contributed by atoms with Crippen molar-refractivity contribution in [2.75, 3.05) is 5.32 Å². The van der Waals surface area contributed by atoms with Gasteiger partial charge in [0.15, 0.2) is 5.82 Å². The predicted octanol–water partition coefficient (Wildman–Crippen LogP) is 2.16. The molecule has 2 aromatic rings. The SMILES string of the molecule is Cc1nn(CC(C)C(=O)Nc2ccn(C)n2)c(C)c1Cl. The summed E-state index contributed by atoms with van der Waals surface area (Å²) in [6.07, 6.45) is 1.78. The number of carbonyl (C=O) groups is 1. The van der Waals surface area contributed by atoms with Gasteiger partial charge in [0.1, 0.15) is 0 Å². The molecule has 2 rings (SSSR count). The van der Waals surface area contributed by atoms with E-state index < -0.39 is 0 Å². The monoisotopic (exact) mass is 295 g/mol. The first-order valence-electron chi connectivity index (χ1n) is 6.38. The second kappa shape index (κ2) is 5.66. The molecule has 0 bridgehead atoms. The number of amides is 1. The van der Waals surface area contributed by atoms with Gasteiger partial charge in [-0.05, 0) is 13.8 Å². The molecule has 0 radical (unpaired) electrons. The number of nitrogens with zero attached hydrogens (tertiary/aromatic N) is 4. The van der Waals surface area contributed by atoms with Crippen molar-refractivity contribution in [3.63, 3.8) is 0 Å². The molecule has 0 aliphatic heterocycles. The fourth-order valence-corrected chi connectivity index (χ4v) is 2.06. The van der Waals surface area contributed by atoms with Crippen LogP contribution in [0.3, 0.4) is 0 Å². The lowest BCUT2D eigenvalue weighted by molar-refractivity contribution is -0.119. The van der Waals surface area contributed by atoms with Crippen molar-refractivity contribution in [2.45, 2.75) is 27.3 Å². The maximum absolute atomic E-state index is 12.1. The largest absolute Gasteiger partial charge is 0.309 e. The van der Waals surface area contributed by atoms with Gasteiger partial charge >= 0.3 is 0 Å². The Morgan fingerprint density at radius 1 is 1.45 bits per heavy atom. The lowest BCUT2D eigenvalue weighted by Crippen LogP contribution is -2.25. The van der Waals surface area contributed by atoms with E-state index in [1.165, 1.54) is 0 Å². The molecule has 1 N–H and O–H groups in total. The minimum absolute atomic E-state index is 0.0904. The fraction of sp³-hybridized carbons (Fsp3) is 0.462. The zero-order chi connectivity index (χ0) is 14.9. The molecular formula is C13H18ClN5O. The number of nitrogens with one attached hydrogen (secondary N) is 1. The molecule has 0 saturated carbocycles. The van der Waals surface area contributed by atoms with Crippen LogP contribution in [-0.4, -0.2) is 25.5 Å². The summed E-state index contributed by atoms with van der Waals surface area (Å²) in [5.41, 5.74) is 1.66. The third-order valence-electron chi connectivity index (χ3n) is 3.15. The Morgan fingerprint density at radius 2 is 2.15 bits per heavy atom. The first-order valence-corrected chi connectivity index (χ1v) is 6.76. The van der Waals surface area contributed by atoms with Crippen LogP contribution < -0.4 is 5.32 Å². The van der Waals surface area contributed by atoms with Crippen LogP contribution in [-0.2, 0) is 18.4 Å². The van der Waals surface area contributed by atoms with Gasteiger partial charge in [0.2, 0.25) is 5.91 Å². The highest BCUT2D eigenvalue weighted by atomic mass is 35.5. The number of anilines is 1. The summed E-state index contributed by atoms with van der Waals surface area (Å²) >= 11 is 6.10. The zero-order valence-electron chi connectivity index (χ0n) is 12.0. The smallest absolute Gasteiger partial charge is 0.230 e. The molecule has 2 aromatic heterocycles. The Labute approximate surface area is 122 Å². The van der Waals surface area contributed by atoms with Crippen LogP contribution in [0.15, 0.2) is 12.3 Å². The molecule has 0 spiro atoms. The van der Waals surface area contributed by atoms with Crippen molar-refractivity contribution in [3.05, 3.63) is 28.7 Å². The fourth-order valence-electron chi connectivity index (χ4n) is 1.93. The van der Waals surface area contributed by atoms with E-state index in [0.29, 0.717) is 17.4 Å². The number of aryl methyl sites for hydroxylation is 2. The second-order valence-corrected chi connectivity index (χ2v) is 5.31. The Kier molecular flexibility index (Phi) is 4.13. The van der Waals surface area contributed by atoms with Crippen molar-refractivity contribution in [2.24, 2.45) is 13.0 Å². The first kappa shape index (κ1) is 14.6. The van der Waals surface area contributed by atoms with Gasteiger partial charge in [-0.25, -0.2) is 0 Å². The van der Waals surface area contributed by atoms with Gasteiger partial charge in [-0.3, -0.25) is 14.2 Å². The van der Waals surface area contributed by atoms with E-state index in [0.717, 1.165) is 11.4 Å². The summed E-state index contributed by atoms with van der Waals surface area (Å²) in [5.74, 6) is 0.231. The van der Waals surface area contributed by atoms with Crippen molar-refractivity contribution >= 4 is 23.3 Å². The van der Waals surface area contributed by atoms with Gasteiger partial charge in [0.05, 0.1) is 28.9 Å². The van der Waals surface area contributed by atoms with Crippen LogP contribution in [0.25, 0.3) is 0 Å². The molecule has 1 amide bonds. The molecule has 108 valence electrons. The minimum Gasteiger partial charge on any atom is -0.309 e. The molecule has 0 aliphatic rings. The zero-order valence-corrected chi connectivity index (χ0v) is 12.8. The van der Waals surface area contributed by atoms with Crippen molar-refractivity contribution in [1.29, 1.82) is 0 Å². The van der Waals surface area contributed by atoms with Gasteiger partial charge in [0.25, 0.3) is 0 Å². The molecular weight excluding hydrogens is 278 g/mol. The second-order valence-electron chi connectivity index (χ2n) is 4.93. The van der Waals surface area contributed by atoms with Crippen molar-refractivity contribution < 1.29 is 4.79 Å². The van der Waals surface area contributed by atoms with Gasteiger partial charge in [0, 0.05) is 19.3 Å². The normalized spacial score (nSPS) is 12.4. The van der Waals surface area contributed by atoms with Crippen molar-refractivity contribution in [3.8, 4) is 0 Å². The minimum atomic E-state index is -0.230. The number of halogens is 1. The van der Waals surface area contributed by atoms with Crippen molar-refractivity contribution in [1.82, 2.24) is 19.6 Å². The number of hydrogen-bond acceptors (Lipinski definition) is 3. The summed E-state index contributed by atoms with van der Waals surface area (Å²) in [5, 5.41) is 11.9. The van der Waals surface area contributed by atoms with Crippen LogP contribution in [0.5, 0.6) is 0 Å². The van der Waals surface area contributed by atoms with Gasteiger partial charge in [-0.1, -0.05) is 18.5 Å². The van der Waals surface area contributed by atoms with Gasteiger partial charge in [-0.15, -0.1) is 0 Å². The van der Waals surface area contributed by atoms with Crippen LogP contribution in [0, 0.1) is 19.8 Å². The summed E-state index contributed by atoms with van der Waals surface area (Å²) in [7, 11) is 1.80. The van der Waals surface area contributed by atoms with Crippen LogP contribution >= 0.6 is 11.6 Å². The standard InChI is InChI=1S/C13H18ClN5O/c1-8(7-19-10(3)12(14)9(2)16-19)13(20)15-11-5-6-18(4)17-11/h5-6,8H,7H2,1-4H3,(H,15,17,20). The number of aromatic nitrogens is 4. The maximum Gasteiger partial charge on any atom is 0.230 e. The molecule has 7 heteroatoms. The van der Waals surface area contributed by atoms with E-state index in [9.17, 15) is 4.79 Å². The molecule has 6 nitrogen and oxygen atoms in total. The third-order valence-corrected chi connectivity index (χ3v) is 3.70. The van der Waals surface area contributed by atoms with E-state index in [4.69, 9.17) is 11.6 Å². The molecule has 0 aliphatic carbocycles. The Bertz CT molecular complexity index is 631. The number of hydrogen-bond donors (Lipinski definition) is 1. The Balaban J connectivity index is 2.02. The summed E-state index contributed by atoms with van der Waals surface area (Å²) < 4.78 is 3.40. The lowest BCUT2D eigenvalue weighted by atomic mass is 10.1. The summed E-state index contributed by atoms with van der Waals surface area (Å²) in [6.45, 7) is 6.08. The van der Waals surface area contributed by atoms with Crippen LogP contribution in [0.2, 0.25) is 5.02 Å². The summed E-state index contributed by atoms with van der Waals surface area (Å²) in [6, 6.07) is 1.75. The average Bonchev–Trinajstić information content (AvgIpc) is 2.89. The molecule has 0 fully saturated rings. The molecule has 1 unspecified atom stereocenters. The van der Waals surface area contributed by atoms with E-state index in [-0.39, 0.29) is 11.8 Å². The first-order chi connectivity index (χ1) is 9.38. The maximum atomic E-state index is 12.1. The third kappa shape index (κ3) is 3.01. The highest BCUT2D eigenvalue weighted by Gasteiger charge is 2.18. The predicted molar refractivity (Wildman–Crippen MR) is 77.7 cm³/mol. The Hall–Kier alpha value is -1.82. The van der Waals surface area contributed by atoms with Crippen LogP contribution in [0.1, 0.15) is 18.3 Å². The molecule has 0 saturated heterocycles. The Morgan fingerprint density at radius 3 is 2.65 bits per heavy atom. The van der Waals surface area contributed by atoms with Gasteiger partial charge < -0.3 is 5.32 Å². The van der Waals surface area contributed by atoms with E-state index in [1.807, 2.05) is 20.8 Å². The lowest BCUT2D eigenvalue weighted by Gasteiger charge is -2.12. The highest BCUT2D eigenvalue weighted by Crippen LogP contribution is 2.20. The average molecular weight is 296 g/mol. The quantitative estimate of drug-likeness (QED) is 0.940. The van der Waals surface area contributed by atoms with E-state index >= 15 is 0 Å². The molecule has 2 heterocycles. The van der Waals surface area contributed by atoms with E-state index in [2.05, 4.69) is 15.5 Å². The molecule has 1 atom stereocenters. The number of rotatable bonds is 4. The molecule has 20 heavy (non-hydrogen) atoms. The van der Waals surface area contributed by atoms with Gasteiger partial charge in [-0.2, -0.15) is 10.2 Å². The molecule has 0 aromatic carbocycles. The highest BCUT2D eigenvalue weighted by molar-refractivity contribution is 6.31. The number of carbonyl (C=O) groups excluding carboxylic acids is 1.